The summed E-state index contributed by atoms with van der Waals surface area (Å²) in [6.07, 6.45) is 7.86. The number of nitrogens with zero attached hydrogens (tertiary/aromatic N) is 3. The molecular weight excluding hydrogens is 506 g/mol. The molecule has 0 aromatic heterocycles. The maximum Gasteiger partial charge on any atom is 0.248 e. The highest BCUT2D eigenvalue weighted by atomic mass is 16.5. The van der Waals surface area contributed by atoms with Crippen LogP contribution in [0.5, 0.6) is 0 Å². The second-order valence-corrected chi connectivity index (χ2v) is 11.5. The van der Waals surface area contributed by atoms with E-state index >= 15 is 0 Å². The molecule has 1 N–H and O–H groups in total. The Morgan fingerprint density at radius 2 is 1.82 bits per heavy atom. The lowest BCUT2D eigenvalue weighted by Crippen LogP contribution is -2.57. The number of ether oxygens (including phenoxy) is 1. The highest BCUT2D eigenvalue weighted by molar-refractivity contribution is 5.99. The summed E-state index contributed by atoms with van der Waals surface area (Å²) < 4.78 is 6.91. The average Bonchev–Trinajstić information content (AvgIpc) is 3.57. The molecule has 8 nitrogen and oxygen atoms in total. The molecule has 3 heterocycles. The van der Waals surface area contributed by atoms with Crippen LogP contribution >= 0.6 is 0 Å². The summed E-state index contributed by atoms with van der Waals surface area (Å²) in [5, 5.41) is 10.7. The molecule has 3 fully saturated rings. The largest absolute Gasteiger partial charge is 0.394 e. The number of hydrogen-bond acceptors (Lipinski definition) is 5. The smallest absolute Gasteiger partial charge is 0.248 e. The monoisotopic (exact) mass is 551 g/mol. The van der Waals surface area contributed by atoms with Crippen molar-refractivity contribution in [2.45, 2.75) is 75.7 Å². The van der Waals surface area contributed by atoms with E-state index in [9.17, 15) is 19.5 Å². The van der Waals surface area contributed by atoms with Crippen molar-refractivity contribution in [2.75, 3.05) is 33.3 Å². The molecule has 2 bridgehead atoms. The van der Waals surface area contributed by atoms with E-state index in [1.807, 2.05) is 37.3 Å². The fourth-order valence-electron chi connectivity index (χ4n) is 7.37. The third kappa shape index (κ3) is 4.79. The van der Waals surface area contributed by atoms with Crippen molar-refractivity contribution in [3.63, 3.8) is 0 Å². The number of amides is 3. The van der Waals surface area contributed by atoms with Crippen LogP contribution in [0.4, 0.5) is 0 Å². The molecule has 1 aromatic carbocycles. The standard InChI is InChI=1S/C32H45N3O5/c1-6-10-14-21-34(20-8-3)30(39)27-32-18-17-31(9-4,40-32)25(28(37)33(5)19-7-2)26(32)29(38)35(27)24(22-36)23-15-12-11-13-16-23/h7-8,11-13,15-16,24-27,36H,2-3,6,9-10,14,17-22H2,1,4-5H3/t24-,25+,26+,27?,31-,32?/m1/s1. The molecule has 0 saturated carbocycles. The number of carbonyl (C=O) groups is 3. The van der Waals surface area contributed by atoms with Gasteiger partial charge in [0.2, 0.25) is 17.7 Å². The van der Waals surface area contributed by atoms with E-state index in [-0.39, 0.29) is 24.3 Å². The highest BCUT2D eigenvalue weighted by Crippen LogP contribution is 2.65. The number of benzene rings is 1. The number of likely N-dealkylation sites (tertiary alicyclic amines) is 1. The molecule has 1 aromatic rings. The quantitative estimate of drug-likeness (QED) is 0.281. The lowest BCUT2D eigenvalue weighted by atomic mass is 9.64. The van der Waals surface area contributed by atoms with E-state index in [0.29, 0.717) is 38.9 Å². The summed E-state index contributed by atoms with van der Waals surface area (Å²) in [6.45, 7) is 12.6. The van der Waals surface area contributed by atoms with Crippen molar-refractivity contribution < 1.29 is 24.2 Å². The zero-order valence-corrected chi connectivity index (χ0v) is 24.3. The second kappa shape index (κ2) is 12.3. The Bertz CT molecular complexity index is 1110. The fourth-order valence-corrected chi connectivity index (χ4v) is 7.37. The first kappa shape index (κ1) is 30.0. The molecule has 8 heteroatoms. The lowest BCUT2D eigenvalue weighted by molar-refractivity contribution is -0.157. The zero-order valence-electron chi connectivity index (χ0n) is 24.3. The van der Waals surface area contributed by atoms with E-state index in [4.69, 9.17) is 4.74 Å². The SMILES string of the molecule is C=CCN(C)C(=O)[C@@H]1[C@H]2C(=O)N([C@H](CO)c3ccccc3)C(C(=O)N(CC=C)CCCCC)C23CC[C@@]1(CC)O3. The van der Waals surface area contributed by atoms with E-state index < -0.39 is 35.1 Å². The molecule has 1 spiro atoms. The van der Waals surface area contributed by atoms with Crippen molar-refractivity contribution in [1.82, 2.24) is 14.7 Å². The summed E-state index contributed by atoms with van der Waals surface area (Å²) >= 11 is 0. The van der Waals surface area contributed by atoms with Crippen LogP contribution in [0.1, 0.15) is 64.0 Å². The van der Waals surface area contributed by atoms with Crippen LogP contribution < -0.4 is 0 Å². The summed E-state index contributed by atoms with van der Waals surface area (Å²) in [5.74, 6) is -2.20. The number of hydrogen-bond donors (Lipinski definition) is 1. The Kier molecular flexibility index (Phi) is 9.20. The summed E-state index contributed by atoms with van der Waals surface area (Å²) in [6, 6.07) is 7.60. The van der Waals surface area contributed by atoms with Crippen LogP contribution in [0.3, 0.4) is 0 Å². The third-order valence-electron chi connectivity index (χ3n) is 9.28. The van der Waals surface area contributed by atoms with E-state index in [1.54, 1.807) is 33.9 Å². The minimum atomic E-state index is -1.15. The summed E-state index contributed by atoms with van der Waals surface area (Å²) in [5.41, 5.74) is -1.23. The molecule has 4 rings (SSSR count). The van der Waals surface area contributed by atoms with Crippen LogP contribution in [0.25, 0.3) is 0 Å². The van der Waals surface area contributed by atoms with Gasteiger partial charge in [-0.3, -0.25) is 14.4 Å². The van der Waals surface area contributed by atoms with Gasteiger partial charge in [-0.1, -0.05) is 69.2 Å². The van der Waals surface area contributed by atoms with Gasteiger partial charge in [-0.05, 0) is 31.2 Å². The van der Waals surface area contributed by atoms with Gasteiger partial charge in [0.05, 0.1) is 30.1 Å². The number of unbranched alkanes of at least 4 members (excludes halogenated alkanes) is 2. The van der Waals surface area contributed by atoms with Gasteiger partial charge in [0, 0.05) is 26.7 Å². The van der Waals surface area contributed by atoms with Crippen molar-refractivity contribution in [2.24, 2.45) is 11.8 Å². The molecule has 3 aliphatic rings. The number of fused-ring (bicyclic) bond motifs is 1. The Labute approximate surface area is 238 Å². The van der Waals surface area contributed by atoms with Crippen LogP contribution in [0.2, 0.25) is 0 Å². The maximum absolute atomic E-state index is 14.6. The molecule has 3 amide bonds. The molecule has 6 atom stereocenters. The molecule has 40 heavy (non-hydrogen) atoms. The second-order valence-electron chi connectivity index (χ2n) is 11.5. The highest BCUT2D eigenvalue weighted by Gasteiger charge is 2.79. The Hall–Kier alpha value is -2.97. The molecule has 3 aliphatic heterocycles. The molecule has 0 radical (unpaired) electrons. The van der Waals surface area contributed by atoms with Crippen molar-refractivity contribution in [3.05, 3.63) is 61.2 Å². The number of aliphatic hydroxyl groups excluding tert-OH is 1. The van der Waals surface area contributed by atoms with Gasteiger partial charge in [-0.25, -0.2) is 0 Å². The van der Waals surface area contributed by atoms with Crippen molar-refractivity contribution >= 4 is 17.7 Å². The Balaban J connectivity index is 1.85. The number of likely N-dealkylation sites (N-methyl/N-ethyl adjacent to an activating group) is 1. The first-order valence-corrected chi connectivity index (χ1v) is 14.7. The zero-order chi connectivity index (χ0) is 29.1. The Morgan fingerprint density at radius 3 is 2.42 bits per heavy atom. The molecule has 0 aliphatic carbocycles. The van der Waals surface area contributed by atoms with Gasteiger partial charge in [-0.15, -0.1) is 13.2 Å². The van der Waals surface area contributed by atoms with E-state index in [1.165, 1.54) is 0 Å². The first-order chi connectivity index (χ1) is 19.3. The predicted molar refractivity (Wildman–Crippen MR) is 154 cm³/mol. The summed E-state index contributed by atoms with van der Waals surface area (Å²) in [4.78, 5) is 48.0. The third-order valence-corrected chi connectivity index (χ3v) is 9.28. The van der Waals surface area contributed by atoms with Crippen LogP contribution in [-0.2, 0) is 19.1 Å². The van der Waals surface area contributed by atoms with E-state index in [2.05, 4.69) is 20.1 Å². The number of aliphatic hydroxyl groups is 1. The van der Waals surface area contributed by atoms with Gasteiger partial charge in [0.15, 0.2) is 0 Å². The van der Waals surface area contributed by atoms with Gasteiger partial charge >= 0.3 is 0 Å². The molecule has 3 saturated heterocycles. The fraction of sp³-hybridized carbons (Fsp3) is 0.594. The van der Waals surface area contributed by atoms with Crippen LogP contribution in [-0.4, -0.2) is 88.1 Å². The van der Waals surface area contributed by atoms with Crippen molar-refractivity contribution in [3.8, 4) is 0 Å². The van der Waals surface area contributed by atoms with Crippen LogP contribution in [0.15, 0.2) is 55.6 Å². The van der Waals surface area contributed by atoms with Gasteiger partial charge in [-0.2, -0.15) is 0 Å². The number of carbonyl (C=O) groups excluding carboxylic acids is 3. The predicted octanol–water partition coefficient (Wildman–Crippen LogP) is 3.72. The van der Waals surface area contributed by atoms with Gasteiger partial charge in [0.1, 0.15) is 11.6 Å². The maximum atomic E-state index is 14.6. The summed E-state index contributed by atoms with van der Waals surface area (Å²) in [7, 11) is 1.71. The average molecular weight is 552 g/mol. The Morgan fingerprint density at radius 1 is 1.12 bits per heavy atom. The minimum absolute atomic E-state index is 0.166. The first-order valence-electron chi connectivity index (χ1n) is 14.7. The molecule has 218 valence electrons. The van der Waals surface area contributed by atoms with Gasteiger partial charge in [0.25, 0.3) is 0 Å². The minimum Gasteiger partial charge on any atom is -0.394 e. The lowest BCUT2D eigenvalue weighted by Gasteiger charge is -2.39. The topological polar surface area (TPSA) is 90.4 Å². The number of rotatable bonds is 14. The van der Waals surface area contributed by atoms with E-state index in [0.717, 1.165) is 24.8 Å². The van der Waals surface area contributed by atoms with Crippen molar-refractivity contribution in [1.29, 1.82) is 0 Å². The molecular formula is C32H45N3O5. The molecule has 2 unspecified atom stereocenters. The van der Waals surface area contributed by atoms with Crippen LogP contribution in [0, 0.1) is 11.8 Å². The normalized spacial score (nSPS) is 29.2. The van der Waals surface area contributed by atoms with Gasteiger partial charge < -0.3 is 24.5 Å².